The first-order valence-electron chi connectivity index (χ1n) is 5.46. The topological polar surface area (TPSA) is 22.1 Å². The van der Waals surface area contributed by atoms with E-state index >= 15 is 0 Å². The largest absolute Gasteiger partial charge is 0.497 e. The number of pyridine rings is 1. The van der Waals surface area contributed by atoms with Crippen molar-refractivity contribution < 1.29 is 4.74 Å². The van der Waals surface area contributed by atoms with Gasteiger partial charge in [0, 0.05) is 12.4 Å². The number of halogens is 1. The van der Waals surface area contributed by atoms with E-state index in [2.05, 4.69) is 4.98 Å². The van der Waals surface area contributed by atoms with Gasteiger partial charge in [0.15, 0.2) is 0 Å². The van der Waals surface area contributed by atoms with Gasteiger partial charge in [-0.15, -0.1) is 11.6 Å². The van der Waals surface area contributed by atoms with Crippen molar-refractivity contribution in [1.29, 1.82) is 0 Å². The second kappa shape index (κ2) is 5.69. The molecule has 88 valence electrons. The highest BCUT2D eigenvalue weighted by Crippen LogP contribution is 2.25. The summed E-state index contributed by atoms with van der Waals surface area (Å²) in [5.41, 5.74) is 2.29. The van der Waals surface area contributed by atoms with E-state index < -0.39 is 0 Å². The molecule has 1 aromatic carbocycles. The second-order valence-corrected chi connectivity index (χ2v) is 4.33. The first-order chi connectivity index (χ1) is 8.29. The highest BCUT2D eigenvalue weighted by Gasteiger charge is 2.08. The molecular weight excluding hydrogens is 234 g/mol. The molecule has 17 heavy (non-hydrogen) atoms. The zero-order valence-electron chi connectivity index (χ0n) is 9.64. The van der Waals surface area contributed by atoms with Gasteiger partial charge in [0.2, 0.25) is 0 Å². The molecule has 0 saturated carbocycles. The number of hydrogen-bond acceptors (Lipinski definition) is 2. The zero-order valence-corrected chi connectivity index (χ0v) is 10.4. The van der Waals surface area contributed by atoms with Crippen LogP contribution in [0.25, 0.3) is 0 Å². The fourth-order valence-electron chi connectivity index (χ4n) is 1.66. The predicted octanol–water partition coefficient (Wildman–Crippen LogP) is 3.61. The van der Waals surface area contributed by atoms with Gasteiger partial charge in [-0.2, -0.15) is 0 Å². The Balaban J connectivity index is 2.05. The van der Waals surface area contributed by atoms with Crippen molar-refractivity contribution in [3.8, 4) is 5.75 Å². The van der Waals surface area contributed by atoms with Crippen LogP contribution < -0.4 is 4.74 Å². The van der Waals surface area contributed by atoms with Gasteiger partial charge in [0.1, 0.15) is 5.75 Å². The van der Waals surface area contributed by atoms with Gasteiger partial charge in [-0.1, -0.05) is 12.1 Å². The molecule has 0 saturated heterocycles. The van der Waals surface area contributed by atoms with Gasteiger partial charge in [-0.3, -0.25) is 4.98 Å². The number of benzene rings is 1. The Labute approximate surface area is 106 Å². The Morgan fingerprint density at radius 1 is 1.12 bits per heavy atom. The lowest BCUT2D eigenvalue weighted by Gasteiger charge is -2.10. The van der Waals surface area contributed by atoms with E-state index in [0.29, 0.717) is 0 Å². The van der Waals surface area contributed by atoms with Crippen LogP contribution in [-0.2, 0) is 6.42 Å². The molecule has 1 atom stereocenters. The number of aromatic nitrogens is 1. The molecule has 2 aromatic rings. The Morgan fingerprint density at radius 3 is 2.35 bits per heavy atom. The van der Waals surface area contributed by atoms with Gasteiger partial charge in [0.25, 0.3) is 0 Å². The lowest BCUT2D eigenvalue weighted by Crippen LogP contribution is -1.96. The van der Waals surface area contributed by atoms with E-state index in [1.165, 1.54) is 5.56 Å². The third-order valence-electron chi connectivity index (χ3n) is 2.64. The van der Waals surface area contributed by atoms with Crippen LogP contribution in [0.1, 0.15) is 16.5 Å². The van der Waals surface area contributed by atoms with Crippen molar-refractivity contribution in [3.05, 3.63) is 59.9 Å². The molecule has 3 heteroatoms. The minimum Gasteiger partial charge on any atom is -0.497 e. The van der Waals surface area contributed by atoms with Crippen molar-refractivity contribution >= 4 is 11.6 Å². The summed E-state index contributed by atoms with van der Waals surface area (Å²) in [6.07, 6.45) is 4.33. The highest BCUT2D eigenvalue weighted by atomic mass is 35.5. The summed E-state index contributed by atoms with van der Waals surface area (Å²) in [5.74, 6) is 0.865. The quantitative estimate of drug-likeness (QED) is 0.770. The van der Waals surface area contributed by atoms with E-state index in [-0.39, 0.29) is 5.38 Å². The SMILES string of the molecule is COc1ccc(CC(Cl)c2ccncc2)cc1. The van der Waals surface area contributed by atoms with Crippen LogP contribution in [0.3, 0.4) is 0 Å². The molecule has 0 amide bonds. The van der Waals surface area contributed by atoms with E-state index in [0.717, 1.165) is 17.7 Å². The summed E-state index contributed by atoms with van der Waals surface area (Å²) in [6.45, 7) is 0. The molecule has 0 aliphatic carbocycles. The molecule has 0 aliphatic rings. The monoisotopic (exact) mass is 247 g/mol. The van der Waals surface area contributed by atoms with Crippen LogP contribution in [0.4, 0.5) is 0 Å². The maximum Gasteiger partial charge on any atom is 0.118 e. The summed E-state index contributed by atoms with van der Waals surface area (Å²) in [4.78, 5) is 3.98. The van der Waals surface area contributed by atoms with Gasteiger partial charge >= 0.3 is 0 Å². The first kappa shape index (κ1) is 11.9. The molecule has 2 rings (SSSR count). The van der Waals surface area contributed by atoms with Crippen LogP contribution in [0, 0.1) is 0 Å². The summed E-state index contributed by atoms with van der Waals surface area (Å²) < 4.78 is 5.12. The van der Waals surface area contributed by atoms with Crippen molar-refractivity contribution in [1.82, 2.24) is 4.98 Å². The van der Waals surface area contributed by atoms with Gasteiger partial charge < -0.3 is 4.74 Å². The highest BCUT2D eigenvalue weighted by molar-refractivity contribution is 6.20. The molecular formula is C14H14ClNO. The number of rotatable bonds is 4. The van der Waals surface area contributed by atoms with Crippen LogP contribution in [0.2, 0.25) is 0 Å². The van der Waals surface area contributed by atoms with E-state index in [4.69, 9.17) is 16.3 Å². The zero-order chi connectivity index (χ0) is 12.1. The number of ether oxygens (including phenoxy) is 1. The molecule has 0 bridgehead atoms. The fourth-order valence-corrected chi connectivity index (χ4v) is 1.98. The molecule has 1 unspecified atom stereocenters. The van der Waals surface area contributed by atoms with Crippen molar-refractivity contribution in [2.45, 2.75) is 11.8 Å². The second-order valence-electron chi connectivity index (χ2n) is 3.80. The summed E-state index contributed by atoms with van der Waals surface area (Å²) in [6, 6.07) is 11.9. The molecule has 0 fully saturated rings. The Hall–Kier alpha value is -1.54. The van der Waals surface area contributed by atoms with Crippen LogP contribution in [-0.4, -0.2) is 12.1 Å². The van der Waals surface area contributed by atoms with Crippen LogP contribution >= 0.6 is 11.6 Å². The number of alkyl halides is 1. The Morgan fingerprint density at radius 2 is 1.76 bits per heavy atom. The Bertz CT molecular complexity index is 455. The van der Waals surface area contributed by atoms with Gasteiger partial charge in [-0.25, -0.2) is 0 Å². The lowest BCUT2D eigenvalue weighted by atomic mass is 10.0. The van der Waals surface area contributed by atoms with Crippen molar-refractivity contribution in [2.75, 3.05) is 7.11 Å². The number of hydrogen-bond donors (Lipinski definition) is 0. The fraction of sp³-hybridized carbons (Fsp3) is 0.214. The maximum atomic E-state index is 6.36. The molecule has 0 N–H and O–H groups in total. The van der Waals surface area contributed by atoms with Gasteiger partial charge in [0.05, 0.1) is 12.5 Å². The van der Waals surface area contributed by atoms with Gasteiger partial charge in [-0.05, 0) is 41.8 Å². The lowest BCUT2D eigenvalue weighted by molar-refractivity contribution is 0.414. The maximum absolute atomic E-state index is 6.36. The summed E-state index contributed by atoms with van der Waals surface area (Å²) in [5, 5.41) is -0.0219. The molecule has 0 radical (unpaired) electrons. The standard InChI is InChI=1S/C14H14ClNO/c1-17-13-4-2-11(3-5-13)10-14(15)12-6-8-16-9-7-12/h2-9,14H,10H2,1H3. The minimum absolute atomic E-state index is 0.0219. The van der Waals surface area contributed by atoms with E-state index in [1.807, 2.05) is 36.4 Å². The molecule has 0 aliphatic heterocycles. The third-order valence-corrected chi connectivity index (χ3v) is 3.05. The van der Waals surface area contributed by atoms with Crippen LogP contribution in [0.15, 0.2) is 48.8 Å². The average Bonchev–Trinajstić information content (AvgIpc) is 2.40. The smallest absolute Gasteiger partial charge is 0.118 e. The third kappa shape index (κ3) is 3.21. The summed E-state index contributed by atoms with van der Waals surface area (Å²) in [7, 11) is 1.66. The molecule has 2 nitrogen and oxygen atoms in total. The van der Waals surface area contributed by atoms with Crippen LogP contribution in [0.5, 0.6) is 5.75 Å². The molecule has 0 spiro atoms. The Kier molecular flexibility index (Phi) is 3.99. The van der Waals surface area contributed by atoms with E-state index in [9.17, 15) is 0 Å². The first-order valence-corrected chi connectivity index (χ1v) is 5.90. The minimum atomic E-state index is -0.0219. The normalized spacial score (nSPS) is 12.1. The average molecular weight is 248 g/mol. The molecule has 1 heterocycles. The van der Waals surface area contributed by atoms with Crippen molar-refractivity contribution in [3.63, 3.8) is 0 Å². The molecule has 1 aromatic heterocycles. The number of nitrogens with zero attached hydrogens (tertiary/aromatic N) is 1. The van der Waals surface area contributed by atoms with E-state index in [1.54, 1.807) is 19.5 Å². The summed E-state index contributed by atoms with van der Waals surface area (Å²) >= 11 is 6.36. The predicted molar refractivity (Wildman–Crippen MR) is 69.5 cm³/mol. The number of methoxy groups -OCH3 is 1. The van der Waals surface area contributed by atoms with Crippen molar-refractivity contribution in [2.24, 2.45) is 0 Å².